The highest BCUT2D eigenvalue weighted by atomic mass is 16.1. The molecule has 0 radical (unpaired) electrons. The monoisotopic (exact) mass is 357 g/mol. The second-order valence-corrected chi connectivity index (χ2v) is 7.24. The molecule has 1 aliphatic heterocycles. The van der Waals surface area contributed by atoms with Crippen molar-refractivity contribution in [3.63, 3.8) is 0 Å². The molecule has 0 saturated carbocycles. The van der Waals surface area contributed by atoms with Gasteiger partial charge in [-0.05, 0) is 23.3 Å². The smallest absolute Gasteiger partial charge is 0.251 e. The van der Waals surface area contributed by atoms with Crippen LogP contribution >= 0.6 is 0 Å². The Labute approximate surface area is 160 Å². The zero-order chi connectivity index (χ0) is 18.5. The third-order valence-corrected chi connectivity index (χ3v) is 5.27. The van der Waals surface area contributed by atoms with E-state index in [0.717, 1.165) is 31.6 Å². The summed E-state index contributed by atoms with van der Waals surface area (Å²) < 4.78 is 0. The lowest BCUT2D eigenvalue weighted by Crippen LogP contribution is -3.10. The van der Waals surface area contributed by atoms with Crippen LogP contribution < -0.4 is 10.2 Å². The first-order valence-electron chi connectivity index (χ1n) is 9.59. The van der Waals surface area contributed by atoms with Crippen molar-refractivity contribution in [2.75, 3.05) is 6.54 Å². The van der Waals surface area contributed by atoms with Crippen LogP contribution in [0.15, 0.2) is 78.9 Å². The summed E-state index contributed by atoms with van der Waals surface area (Å²) in [5.74, 6) is -0.0235. The molecule has 27 heavy (non-hydrogen) atoms. The average Bonchev–Trinajstić information content (AvgIpc) is 2.73. The second kappa shape index (κ2) is 8.19. The van der Waals surface area contributed by atoms with Gasteiger partial charge in [-0.25, -0.2) is 0 Å². The summed E-state index contributed by atoms with van der Waals surface area (Å²) in [4.78, 5) is 13.9. The second-order valence-electron chi connectivity index (χ2n) is 7.24. The van der Waals surface area contributed by atoms with E-state index in [-0.39, 0.29) is 5.91 Å². The molecule has 3 heteroatoms. The van der Waals surface area contributed by atoms with E-state index in [0.29, 0.717) is 12.1 Å². The van der Waals surface area contributed by atoms with E-state index in [4.69, 9.17) is 0 Å². The lowest BCUT2D eigenvalue weighted by molar-refractivity contribution is -0.929. The number of nitrogens with one attached hydrogen (secondary N) is 2. The number of benzene rings is 3. The van der Waals surface area contributed by atoms with Crippen molar-refractivity contribution in [1.82, 2.24) is 5.32 Å². The van der Waals surface area contributed by atoms with Crippen LogP contribution in [0.1, 0.15) is 32.6 Å². The molecule has 0 aliphatic carbocycles. The number of fused-ring (bicyclic) bond motifs is 1. The van der Waals surface area contributed by atoms with Crippen LogP contribution in [-0.4, -0.2) is 12.5 Å². The molecule has 0 fully saturated rings. The predicted molar refractivity (Wildman–Crippen MR) is 107 cm³/mol. The summed E-state index contributed by atoms with van der Waals surface area (Å²) in [5.41, 5.74) is 6.07. The van der Waals surface area contributed by atoms with Gasteiger partial charge >= 0.3 is 0 Å². The Hall–Kier alpha value is -2.91. The van der Waals surface area contributed by atoms with Gasteiger partial charge in [-0.1, -0.05) is 66.7 Å². The summed E-state index contributed by atoms with van der Waals surface area (Å²) in [6.45, 7) is 3.80. The molecule has 4 rings (SSSR count). The zero-order valence-electron chi connectivity index (χ0n) is 15.4. The third kappa shape index (κ3) is 4.44. The van der Waals surface area contributed by atoms with Crippen LogP contribution in [0.3, 0.4) is 0 Å². The SMILES string of the molecule is O=C(NCc1ccccc1)c1ccc(C[NH+]2CCc3ccccc3C2)cc1. The molecule has 3 aromatic rings. The number of amides is 1. The molecular weight excluding hydrogens is 332 g/mol. The molecule has 0 aromatic heterocycles. The molecule has 136 valence electrons. The largest absolute Gasteiger partial charge is 0.348 e. The number of hydrogen-bond donors (Lipinski definition) is 2. The highest BCUT2D eigenvalue weighted by Crippen LogP contribution is 2.11. The first-order chi connectivity index (χ1) is 13.3. The fourth-order valence-electron chi connectivity index (χ4n) is 3.74. The summed E-state index contributed by atoms with van der Waals surface area (Å²) in [7, 11) is 0. The molecule has 1 unspecified atom stereocenters. The first-order valence-corrected chi connectivity index (χ1v) is 9.59. The molecular formula is C24H25N2O+. The number of carbonyl (C=O) groups excluding carboxylic acids is 1. The fraction of sp³-hybridized carbons (Fsp3) is 0.208. The lowest BCUT2D eigenvalue weighted by Gasteiger charge is -2.26. The summed E-state index contributed by atoms with van der Waals surface area (Å²) in [6.07, 6.45) is 1.14. The standard InChI is InChI=1S/C24H24N2O/c27-24(25-16-19-6-2-1-3-7-19)22-12-10-20(11-13-22)17-26-15-14-21-8-4-5-9-23(21)18-26/h1-13H,14-18H2,(H,25,27)/p+1. The molecule has 1 amide bonds. The highest BCUT2D eigenvalue weighted by Gasteiger charge is 2.19. The Balaban J connectivity index is 1.33. The van der Waals surface area contributed by atoms with Gasteiger partial charge in [0.2, 0.25) is 0 Å². The quantitative estimate of drug-likeness (QED) is 0.723. The Bertz CT molecular complexity index is 903. The van der Waals surface area contributed by atoms with Crippen molar-refractivity contribution in [3.8, 4) is 0 Å². The average molecular weight is 357 g/mol. The minimum absolute atomic E-state index is 0.0235. The fourth-order valence-corrected chi connectivity index (χ4v) is 3.74. The molecule has 0 saturated heterocycles. The number of quaternary nitrogens is 1. The van der Waals surface area contributed by atoms with Crippen molar-refractivity contribution >= 4 is 5.91 Å². The topological polar surface area (TPSA) is 33.5 Å². The van der Waals surface area contributed by atoms with Crippen molar-refractivity contribution in [1.29, 1.82) is 0 Å². The molecule has 1 heterocycles. The van der Waals surface area contributed by atoms with Gasteiger partial charge in [0.1, 0.15) is 13.1 Å². The lowest BCUT2D eigenvalue weighted by atomic mass is 9.99. The molecule has 1 aliphatic rings. The first kappa shape index (κ1) is 17.5. The van der Waals surface area contributed by atoms with Crippen LogP contribution in [0.5, 0.6) is 0 Å². The van der Waals surface area contributed by atoms with E-state index >= 15 is 0 Å². The Kier molecular flexibility index (Phi) is 5.31. The number of rotatable bonds is 5. The minimum Gasteiger partial charge on any atom is -0.348 e. The molecule has 0 bridgehead atoms. The number of hydrogen-bond acceptors (Lipinski definition) is 1. The van der Waals surface area contributed by atoms with Gasteiger partial charge in [-0.3, -0.25) is 4.79 Å². The van der Waals surface area contributed by atoms with Crippen molar-refractivity contribution in [2.45, 2.75) is 26.1 Å². The number of carbonyl (C=O) groups is 1. The van der Waals surface area contributed by atoms with Gasteiger partial charge in [0, 0.05) is 29.7 Å². The maximum Gasteiger partial charge on any atom is 0.251 e. The maximum atomic E-state index is 12.3. The van der Waals surface area contributed by atoms with Crippen LogP contribution in [0.25, 0.3) is 0 Å². The van der Waals surface area contributed by atoms with Crippen molar-refractivity contribution in [2.24, 2.45) is 0 Å². The van der Waals surface area contributed by atoms with Gasteiger partial charge in [-0.15, -0.1) is 0 Å². The van der Waals surface area contributed by atoms with Crippen molar-refractivity contribution in [3.05, 3.63) is 107 Å². The van der Waals surface area contributed by atoms with Gasteiger partial charge < -0.3 is 10.2 Å². The van der Waals surface area contributed by atoms with E-state index in [1.807, 2.05) is 42.5 Å². The minimum atomic E-state index is -0.0235. The Morgan fingerprint density at radius 3 is 2.30 bits per heavy atom. The predicted octanol–water partition coefficient (Wildman–Crippen LogP) is 2.76. The van der Waals surface area contributed by atoms with Crippen LogP contribution in [-0.2, 0) is 26.1 Å². The van der Waals surface area contributed by atoms with Gasteiger partial charge in [0.05, 0.1) is 6.54 Å². The van der Waals surface area contributed by atoms with Gasteiger partial charge in [0.25, 0.3) is 5.91 Å². The van der Waals surface area contributed by atoms with E-state index < -0.39 is 0 Å². The van der Waals surface area contributed by atoms with Crippen LogP contribution in [0, 0.1) is 0 Å². The Morgan fingerprint density at radius 1 is 0.815 bits per heavy atom. The Morgan fingerprint density at radius 2 is 1.52 bits per heavy atom. The van der Waals surface area contributed by atoms with Crippen molar-refractivity contribution < 1.29 is 9.69 Å². The highest BCUT2D eigenvalue weighted by molar-refractivity contribution is 5.94. The third-order valence-electron chi connectivity index (χ3n) is 5.27. The normalized spacial score (nSPS) is 15.8. The summed E-state index contributed by atoms with van der Waals surface area (Å²) >= 11 is 0. The van der Waals surface area contributed by atoms with E-state index in [1.165, 1.54) is 16.7 Å². The molecule has 2 N–H and O–H groups in total. The zero-order valence-corrected chi connectivity index (χ0v) is 15.4. The molecule has 1 atom stereocenters. The van der Waals surface area contributed by atoms with Crippen LogP contribution in [0.2, 0.25) is 0 Å². The van der Waals surface area contributed by atoms with Crippen LogP contribution in [0.4, 0.5) is 0 Å². The molecule has 3 nitrogen and oxygen atoms in total. The van der Waals surface area contributed by atoms with Gasteiger partial charge in [0.15, 0.2) is 0 Å². The van der Waals surface area contributed by atoms with E-state index in [9.17, 15) is 4.79 Å². The van der Waals surface area contributed by atoms with E-state index in [2.05, 4.69) is 41.7 Å². The van der Waals surface area contributed by atoms with E-state index in [1.54, 1.807) is 4.90 Å². The molecule has 0 spiro atoms. The maximum absolute atomic E-state index is 12.3. The molecule has 3 aromatic carbocycles. The summed E-state index contributed by atoms with van der Waals surface area (Å²) in [5, 5.41) is 2.98. The summed E-state index contributed by atoms with van der Waals surface area (Å²) in [6, 6.07) is 26.8. The van der Waals surface area contributed by atoms with Gasteiger partial charge in [-0.2, -0.15) is 0 Å².